The fraction of sp³-hybridized carbons (Fsp3) is 0.923. The third-order valence-corrected chi connectivity index (χ3v) is 7.27. The maximum atomic E-state index is 5.96. The summed E-state index contributed by atoms with van der Waals surface area (Å²) < 4.78 is 11.9. The quantitative estimate of drug-likeness (QED) is 0.676. The van der Waals surface area contributed by atoms with Crippen molar-refractivity contribution in [2.24, 2.45) is 0 Å². The minimum atomic E-state index is -1.42. The molecular formula is C13H27O2Si. The summed E-state index contributed by atoms with van der Waals surface area (Å²) in [6.45, 7) is 10.8. The zero-order chi connectivity index (χ0) is 12.2. The fourth-order valence-corrected chi connectivity index (χ4v) is 6.04. The van der Waals surface area contributed by atoms with Crippen molar-refractivity contribution in [3.05, 3.63) is 5.91 Å². The van der Waals surface area contributed by atoms with E-state index in [1.165, 1.54) is 31.4 Å². The van der Waals surface area contributed by atoms with Crippen molar-refractivity contribution in [1.82, 2.24) is 0 Å². The molecule has 0 bridgehead atoms. The molecule has 0 amide bonds. The number of hydrogen-bond donors (Lipinski definition) is 0. The van der Waals surface area contributed by atoms with Crippen molar-refractivity contribution in [2.45, 2.75) is 77.8 Å². The van der Waals surface area contributed by atoms with Crippen molar-refractivity contribution in [3.63, 3.8) is 0 Å². The lowest BCUT2D eigenvalue weighted by molar-refractivity contribution is -0.0595. The zero-order valence-corrected chi connectivity index (χ0v) is 12.5. The van der Waals surface area contributed by atoms with Crippen LogP contribution in [-0.4, -0.2) is 20.3 Å². The van der Waals surface area contributed by atoms with E-state index >= 15 is 0 Å². The van der Waals surface area contributed by atoms with Crippen LogP contribution in [0.2, 0.25) is 18.6 Å². The predicted octanol–water partition coefficient (Wildman–Crippen LogP) is 4.13. The van der Waals surface area contributed by atoms with E-state index in [0.29, 0.717) is 0 Å². The van der Waals surface area contributed by atoms with E-state index < -0.39 is 8.07 Å². The Hall–Kier alpha value is 0.137. The first kappa shape index (κ1) is 14.2. The summed E-state index contributed by atoms with van der Waals surface area (Å²) in [5, 5.41) is 0. The average Bonchev–Trinajstić information content (AvgIpc) is 2.16. The Morgan fingerprint density at radius 3 is 1.69 bits per heavy atom. The highest BCUT2D eigenvalue weighted by molar-refractivity contribution is 6.83. The predicted molar refractivity (Wildman–Crippen MR) is 70.8 cm³/mol. The second kappa shape index (κ2) is 6.17. The number of rotatable bonds is 5. The molecule has 16 heavy (non-hydrogen) atoms. The van der Waals surface area contributed by atoms with E-state index in [1.807, 2.05) is 0 Å². The van der Waals surface area contributed by atoms with Gasteiger partial charge in [-0.25, -0.2) is 0 Å². The minimum Gasteiger partial charge on any atom is -0.346 e. The Kier molecular flexibility index (Phi) is 5.48. The molecule has 0 spiro atoms. The number of hydrogen-bond acceptors (Lipinski definition) is 2. The maximum absolute atomic E-state index is 5.96. The molecule has 1 aliphatic heterocycles. The van der Waals surface area contributed by atoms with Gasteiger partial charge in [-0.2, -0.15) is 0 Å². The molecule has 1 fully saturated rings. The van der Waals surface area contributed by atoms with Crippen LogP contribution in [0.1, 0.15) is 47.0 Å². The molecule has 0 N–H and O–H groups in total. The smallest absolute Gasteiger partial charge is 0.200 e. The van der Waals surface area contributed by atoms with Crippen LogP contribution in [0.3, 0.4) is 0 Å². The van der Waals surface area contributed by atoms with E-state index in [1.54, 1.807) is 0 Å². The molecule has 1 aliphatic rings. The molecule has 0 aromatic heterocycles. The first-order valence-electron chi connectivity index (χ1n) is 6.65. The van der Waals surface area contributed by atoms with Gasteiger partial charge in [0.15, 0.2) is 0 Å². The molecule has 0 aliphatic carbocycles. The van der Waals surface area contributed by atoms with Gasteiger partial charge in [0.2, 0.25) is 5.91 Å². The van der Waals surface area contributed by atoms with Crippen molar-refractivity contribution >= 4 is 8.07 Å². The minimum absolute atomic E-state index is 0.236. The Bertz CT molecular complexity index is 188. The first-order chi connectivity index (χ1) is 7.44. The van der Waals surface area contributed by atoms with Crippen LogP contribution in [0.5, 0.6) is 0 Å². The van der Waals surface area contributed by atoms with Gasteiger partial charge in [0, 0.05) is 0 Å². The van der Waals surface area contributed by atoms with Gasteiger partial charge in [-0.15, -0.1) is 0 Å². The monoisotopic (exact) mass is 243 g/mol. The van der Waals surface area contributed by atoms with Gasteiger partial charge in [0.05, 0.1) is 12.2 Å². The van der Waals surface area contributed by atoms with Gasteiger partial charge >= 0.3 is 0 Å². The molecule has 0 aromatic rings. The molecule has 3 heteroatoms. The van der Waals surface area contributed by atoms with E-state index in [0.717, 1.165) is 5.91 Å². The molecular weight excluding hydrogens is 216 g/mol. The van der Waals surface area contributed by atoms with Gasteiger partial charge in [-0.1, -0.05) is 37.9 Å². The van der Waals surface area contributed by atoms with Crippen molar-refractivity contribution in [1.29, 1.82) is 0 Å². The summed E-state index contributed by atoms with van der Waals surface area (Å²) in [7, 11) is -1.42. The van der Waals surface area contributed by atoms with Gasteiger partial charge in [0.1, 0.15) is 8.07 Å². The summed E-state index contributed by atoms with van der Waals surface area (Å²) in [6.07, 6.45) is 4.57. The SMILES string of the molecule is CC(C)O[C](OC(C)C)[Si]1(C)CCCCC1. The highest BCUT2D eigenvalue weighted by atomic mass is 28.3. The maximum Gasteiger partial charge on any atom is 0.200 e. The van der Waals surface area contributed by atoms with Gasteiger partial charge in [-0.05, 0) is 27.7 Å². The van der Waals surface area contributed by atoms with Gasteiger partial charge < -0.3 is 9.47 Å². The van der Waals surface area contributed by atoms with Crippen molar-refractivity contribution in [2.75, 3.05) is 0 Å². The molecule has 1 rings (SSSR count). The van der Waals surface area contributed by atoms with Crippen LogP contribution in [0, 0.1) is 5.91 Å². The molecule has 0 atom stereocenters. The van der Waals surface area contributed by atoms with Crippen LogP contribution < -0.4 is 0 Å². The van der Waals surface area contributed by atoms with Crippen molar-refractivity contribution in [3.8, 4) is 0 Å². The third kappa shape index (κ3) is 4.19. The summed E-state index contributed by atoms with van der Waals surface area (Å²) in [5.41, 5.74) is 0. The van der Waals surface area contributed by atoms with Crippen LogP contribution in [0.4, 0.5) is 0 Å². The average molecular weight is 243 g/mol. The highest BCUT2D eigenvalue weighted by Crippen LogP contribution is 2.37. The molecule has 0 saturated carbocycles. The van der Waals surface area contributed by atoms with E-state index in [2.05, 4.69) is 34.2 Å². The second-order valence-electron chi connectivity index (χ2n) is 5.74. The topological polar surface area (TPSA) is 18.5 Å². The molecule has 0 unspecified atom stereocenters. The molecule has 1 saturated heterocycles. The molecule has 1 radical (unpaired) electrons. The zero-order valence-electron chi connectivity index (χ0n) is 11.5. The third-order valence-electron chi connectivity index (χ3n) is 3.14. The van der Waals surface area contributed by atoms with Crippen LogP contribution in [0.25, 0.3) is 0 Å². The van der Waals surface area contributed by atoms with Crippen molar-refractivity contribution < 1.29 is 9.47 Å². The summed E-state index contributed by atoms with van der Waals surface area (Å²) in [5.74, 6) is 1.01. The second-order valence-corrected chi connectivity index (χ2v) is 10.3. The normalized spacial score (nSPS) is 21.0. The number of ether oxygens (including phenoxy) is 2. The first-order valence-corrected chi connectivity index (χ1v) is 9.56. The Morgan fingerprint density at radius 1 is 0.875 bits per heavy atom. The van der Waals surface area contributed by atoms with E-state index in [9.17, 15) is 0 Å². The standard InChI is InChI=1S/C13H27O2Si/c1-11(2)14-13(15-12(3)4)16(5)9-7-6-8-10-16/h11-12H,6-10H2,1-5H3. The Balaban J connectivity index is 2.64. The van der Waals surface area contributed by atoms with Crippen LogP contribution >= 0.6 is 0 Å². The Labute approximate surface area is 102 Å². The summed E-state index contributed by atoms with van der Waals surface area (Å²) >= 11 is 0. The molecule has 0 aromatic carbocycles. The van der Waals surface area contributed by atoms with Crippen LogP contribution in [-0.2, 0) is 9.47 Å². The lowest BCUT2D eigenvalue weighted by Crippen LogP contribution is -2.44. The van der Waals surface area contributed by atoms with Crippen LogP contribution in [0.15, 0.2) is 0 Å². The molecule has 95 valence electrons. The lowest BCUT2D eigenvalue weighted by Gasteiger charge is -2.38. The largest absolute Gasteiger partial charge is 0.346 e. The van der Waals surface area contributed by atoms with Gasteiger partial charge in [-0.3, -0.25) is 0 Å². The highest BCUT2D eigenvalue weighted by Gasteiger charge is 2.42. The van der Waals surface area contributed by atoms with E-state index in [-0.39, 0.29) is 12.2 Å². The van der Waals surface area contributed by atoms with Gasteiger partial charge in [0.25, 0.3) is 0 Å². The fourth-order valence-electron chi connectivity index (χ4n) is 2.28. The molecule has 1 heterocycles. The van der Waals surface area contributed by atoms with E-state index in [4.69, 9.17) is 9.47 Å². The lowest BCUT2D eigenvalue weighted by atomic mass is 10.3. The Morgan fingerprint density at radius 2 is 1.31 bits per heavy atom. The summed E-state index contributed by atoms with van der Waals surface area (Å²) in [6, 6.07) is 2.67. The summed E-state index contributed by atoms with van der Waals surface area (Å²) in [4.78, 5) is 0. The molecule has 2 nitrogen and oxygen atoms in total.